The predicted octanol–water partition coefficient (Wildman–Crippen LogP) is 3.47. The summed E-state index contributed by atoms with van der Waals surface area (Å²) in [5, 5.41) is 10.6. The summed E-state index contributed by atoms with van der Waals surface area (Å²) in [4.78, 5) is 14.9. The summed E-state index contributed by atoms with van der Waals surface area (Å²) < 4.78 is 12.9. The van der Waals surface area contributed by atoms with Gasteiger partial charge in [0.1, 0.15) is 29.2 Å². The van der Waals surface area contributed by atoms with Crippen LogP contribution in [0.3, 0.4) is 0 Å². The number of para-hydroxylation sites is 1. The molecule has 6 heteroatoms. The van der Waals surface area contributed by atoms with Crippen LogP contribution >= 0.6 is 0 Å². The van der Waals surface area contributed by atoms with Gasteiger partial charge in [0.2, 0.25) is 0 Å². The van der Waals surface area contributed by atoms with Crippen molar-refractivity contribution in [3.05, 3.63) is 64.4 Å². The Bertz CT molecular complexity index is 1140. The van der Waals surface area contributed by atoms with Crippen molar-refractivity contribution in [3.63, 3.8) is 0 Å². The highest BCUT2D eigenvalue weighted by Crippen LogP contribution is 2.31. The smallest absolute Gasteiger partial charge is 0.270 e. The molecule has 0 radical (unpaired) electrons. The molecule has 0 bridgehead atoms. The Morgan fingerprint density at radius 3 is 2.52 bits per heavy atom. The number of piperidine rings is 1. The standard InChI is InChI=1S/C23H23N3O3/c1-25-21-9-4-3-8-19(21)22(20(15-24)23(25)27)26-12-10-16(11-13-26)29-18-7-5-6-17(14-18)28-2/h3-9,14,16H,10-13H2,1-2H3. The third-order valence-electron chi connectivity index (χ3n) is 5.49. The average molecular weight is 389 g/mol. The molecule has 0 unspecified atom stereocenters. The molecule has 0 aliphatic carbocycles. The van der Waals surface area contributed by atoms with Crippen LogP contribution < -0.4 is 19.9 Å². The summed E-state index contributed by atoms with van der Waals surface area (Å²) in [5.41, 5.74) is 1.53. The van der Waals surface area contributed by atoms with Crippen LogP contribution in [0.1, 0.15) is 18.4 Å². The minimum absolute atomic E-state index is 0.0849. The van der Waals surface area contributed by atoms with E-state index in [2.05, 4.69) is 11.0 Å². The van der Waals surface area contributed by atoms with E-state index in [1.165, 1.54) is 0 Å². The van der Waals surface area contributed by atoms with E-state index < -0.39 is 0 Å². The second-order valence-corrected chi connectivity index (χ2v) is 7.20. The van der Waals surface area contributed by atoms with Crippen molar-refractivity contribution in [1.82, 2.24) is 4.57 Å². The number of aromatic nitrogens is 1. The highest BCUT2D eigenvalue weighted by Gasteiger charge is 2.26. The first-order valence-electron chi connectivity index (χ1n) is 9.70. The van der Waals surface area contributed by atoms with Crippen LogP contribution in [0, 0.1) is 11.3 Å². The molecule has 1 aliphatic rings. The van der Waals surface area contributed by atoms with Gasteiger partial charge in [0.15, 0.2) is 0 Å². The van der Waals surface area contributed by atoms with E-state index in [4.69, 9.17) is 9.47 Å². The molecule has 2 aromatic carbocycles. The lowest BCUT2D eigenvalue weighted by Crippen LogP contribution is -2.40. The first kappa shape index (κ1) is 18.9. The normalized spacial score (nSPS) is 14.6. The summed E-state index contributed by atoms with van der Waals surface area (Å²) in [6.07, 6.45) is 1.71. The first-order valence-corrected chi connectivity index (χ1v) is 9.70. The topological polar surface area (TPSA) is 67.5 Å². The Hall–Kier alpha value is -3.46. The number of fused-ring (bicyclic) bond motifs is 1. The zero-order chi connectivity index (χ0) is 20.4. The molecule has 29 heavy (non-hydrogen) atoms. The monoisotopic (exact) mass is 389 g/mol. The molecular formula is C23H23N3O3. The van der Waals surface area contributed by atoms with Crippen LogP contribution in [0.25, 0.3) is 10.9 Å². The van der Waals surface area contributed by atoms with Gasteiger partial charge in [-0.05, 0) is 18.2 Å². The van der Waals surface area contributed by atoms with E-state index in [1.807, 2.05) is 48.5 Å². The van der Waals surface area contributed by atoms with Gasteiger partial charge in [0.05, 0.1) is 18.3 Å². The molecule has 148 valence electrons. The molecule has 1 aromatic heterocycles. The third kappa shape index (κ3) is 3.52. The summed E-state index contributed by atoms with van der Waals surface area (Å²) in [6.45, 7) is 1.45. The van der Waals surface area contributed by atoms with Crippen molar-refractivity contribution in [3.8, 4) is 17.6 Å². The number of hydrogen-bond acceptors (Lipinski definition) is 5. The van der Waals surface area contributed by atoms with Gasteiger partial charge in [-0.25, -0.2) is 0 Å². The fourth-order valence-corrected chi connectivity index (χ4v) is 3.97. The number of rotatable bonds is 4. The summed E-state index contributed by atoms with van der Waals surface area (Å²) in [5.74, 6) is 1.56. The Kier molecular flexibility index (Phi) is 5.13. The number of ether oxygens (including phenoxy) is 2. The van der Waals surface area contributed by atoms with Crippen LogP contribution in [0.2, 0.25) is 0 Å². The van der Waals surface area contributed by atoms with E-state index in [-0.39, 0.29) is 17.2 Å². The van der Waals surface area contributed by atoms with Gasteiger partial charge in [0.25, 0.3) is 5.56 Å². The van der Waals surface area contributed by atoms with Crippen molar-refractivity contribution in [1.29, 1.82) is 5.26 Å². The molecule has 1 aliphatic heterocycles. The average Bonchev–Trinajstić information content (AvgIpc) is 2.77. The number of nitrogens with zero attached hydrogens (tertiary/aromatic N) is 3. The van der Waals surface area contributed by atoms with E-state index >= 15 is 0 Å². The van der Waals surface area contributed by atoms with Crippen LogP contribution in [-0.4, -0.2) is 30.9 Å². The number of pyridine rings is 1. The van der Waals surface area contributed by atoms with Crippen molar-refractivity contribution >= 4 is 16.6 Å². The fourth-order valence-electron chi connectivity index (χ4n) is 3.97. The highest BCUT2D eigenvalue weighted by atomic mass is 16.5. The number of aryl methyl sites for hydroxylation is 1. The first-order chi connectivity index (χ1) is 14.1. The Balaban J connectivity index is 1.59. The number of methoxy groups -OCH3 is 1. The molecule has 6 nitrogen and oxygen atoms in total. The lowest BCUT2D eigenvalue weighted by Gasteiger charge is -2.35. The van der Waals surface area contributed by atoms with E-state index in [0.717, 1.165) is 54.0 Å². The van der Waals surface area contributed by atoms with Gasteiger partial charge in [-0.1, -0.05) is 24.3 Å². The lowest BCUT2D eigenvalue weighted by atomic mass is 10.0. The second-order valence-electron chi connectivity index (χ2n) is 7.20. The van der Waals surface area contributed by atoms with Gasteiger partial charge < -0.3 is 18.9 Å². The van der Waals surface area contributed by atoms with Crippen molar-refractivity contribution < 1.29 is 9.47 Å². The maximum atomic E-state index is 12.7. The maximum Gasteiger partial charge on any atom is 0.270 e. The molecule has 0 spiro atoms. The lowest BCUT2D eigenvalue weighted by molar-refractivity contribution is 0.170. The van der Waals surface area contributed by atoms with Crippen LogP contribution in [0.15, 0.2) is 53.3 Å². The second kappa shape index (κ2) is 7.88. The fraction of sp³-hybridized carbons (Fsp3) is 0.304. The quantitative estimate of drug-likeness (QED) is 0.684. The van der Waals surface area contributed by atoms with Crippen molar-refractivity contribution in [2.24, 2.45) is 7.05 Å². The Morgan fingerprint density at radius 1 is 1.07 bits per heavy atom. The third-order valence-corrected chi connectivity index (χ3v) is 5.49. The van der Waals surface area contributed by atoms with Crippen LogP contribution in [-0.2, 0) is 7.05 Å². The highest BCUT2D eigenvalue weighted by molar-refractivity contribution is 5.94. The predicted molar refractivity (Wildman–Crippen MR) is 113 cm³/mol. The molecule has 4 rings (SSSR count). The molecule has 0 saturated carbocycles. The van der Waals surface area contributed by atoms with Crippen LogP contribution in [0.4, 0.5) is 5.69 Å². The zero-order valence-corrected chi connectivity index (χ0v) is 16.6. The molecule has 0 amide bonds. The molecule has 3 aromatic rings. The van der Waals surface area contributed by atoms with Gasteiger partial charge in [-0.2, -0.15) is 5.26 Å². The molecule has 0 atom stereocenters. The number of benzene rings is 2. The van der Waals surface area contributed by atoms with Crippen molar-refractivity contribution in [2.75, 3.05) is 25.1 Å². The molecule has 0 N–H and O–H groups in total. The van der Waals surface area contributed by atoms with E-state index in [0.29, 0.717) is 0 Å². The Labute approximate surface area is 169 Å². The van der Waals surface area contributed by atoms with Gasteiger partial charge in [-0.15, -0.1) is 0 Å². The molecule has 1 fully saturated rings. The van der Waals surface area contributed by atoms with Crippen LogP contribution in [0.5, 0.6) is 11.5 Å². The minimum atomic E-state index is -0.254. The summed E-state index contributed by atoms with van der Waals surface area (Å²) >= 11 is 0. The van der Waals surface area contributed by atoms with Gasteiger partial charge in [-0.3, -0.25) is 4.79 Å². The van der Waals surface area contributed by atoms with Crippen molar-refractivity contribution in [2.45, 2.75) is 18.9 Å². The summed E-state index contributed by atoms with van der Waals surface area (Å²) in [6, 6.07) is 17.5. The molecule has 2 heterocycles. The van der Waals surface area contributed by atoms with E-state index in [1.54, 1.807) is 18.7 Å². The van der Waals surface area contributed by atoms with E-state index in [9.17, 15) is 10.1 Å². The largest absolute Gasteiger partial charge is 0.497 e. The Morgan fingerprint density at radius 2 is 1.79 bits per heavy atom. The number of nitriles is 1. The molecular weight excluding hydrogens is 366 g/mol. The zero-order valence-electron chi connectivity index (χ0n) is 16.6. The number of anilines is 1. The van der Waals surface area contributed by atoms with Gasteiger partial charge in [0, 0.05) is 44.4 Å². The SMILES string of the molecule is COc1cccc(OC2CCN(c3c(C#N)c(=O)n(C)c4ccccc34)CC2)c1. The summed E-state index contributed by atoms with van der Waals surface area (Å²) in [7, 11) is 3.35. The molecule has 1 saturated heterocycles. The number of hydrogen-bond donors (Lipinski definition) is 0. The minimum Gasteiger partial charge on any atom is -0.497 e. The maximum absolute atomic E-state index is 12.7. The van der Waals surface area contributed by atoms with Gasteiger partial charge >= 0.3 is 0 Å².